The maximum absolute atomic E-state index is 13.3. The summed E-state index contributed by atoms with van der Waals surface area (Å²) in [6.07, 6.45) is 4.32. The smallest absolute Gasteiger partial charge is 0.159 e. The Labute approximate surface area is 145 Å². The molecule has 0 radical (unpaired) electrons. The van der Waals surface area contributed by atoms with Crippen molar-refractivity contribution in [1.82, 2.24) is 9.97 Å². The second-order valence-corrected chi connectivity index (χ2v) is 6.34. The lowest BCUT2D eigenvalue weighted by Crippen LogP contribution is -2.22. The van der Waals surface area contributed by atoms with Crippen molar-refractivity contribution in [2.45, 2.75) is 19.3 Å². The number of aliphatic hydroxyl groups excluding tert-OH is 1. The van der Waals surface area contributed by atoms with Crippen LogP contribution in [0.3, 0.4) is 0 Å². The molecule has 0 aliphatic carbocycles. The first-order valence-corrected chi connectivity index (χ1v) is 8.51. The lowest BCUT2D eigenvalue weighted by atomic mass is 10.00. The number of nitrogens with zero attached hydrogens (tertiary/aromatic N) is 3. The molecule has 2 N–H and O–H groups in total. The van der Waals surface area contributed by atoms with Crippen molar-refractivity contribution >= 4 is 11.6 Å². The minimum absolute atomic E-state index is 0.0595. The minimum Gasteiger partial charge on any atom is -0.396 e. The largest absolute Gasteiger partial charge is 0.396 e. The van der Waals surface area contributed by atoms with Crippen LogP contribution >= 0.6 is 0 Å². The van der Waals surface area contributed by atoms with Crippen molar-refractivity contribution in [3.8, 4) is 0 Å². The number of hydrogen-bond acceptors (Lipinski definition) is 5. The molecule has 1 aromatic heterocycles. The normalized spacial score (nSPS) is 15.4. The second kappa shape index (κ2) is 8.20. The molecule has 134 valence electrons. The number of aliphatic hydroxyl groups is 1. The highest BCUT2D eigenvalue weighted by Gasteiger charge is 2.15. The van der Waals surface area contributed by atoms with E-state index < -0.39 is 11.6 Å². The van der Waals surface area contributed by atoms with Gasteiger partial charge in [0.05, 0.1) is 0 Å². The third-order valence-corrected chi connectivity index (χ3v) is 4.42. The summed E-state index contributed by atoms with van der Waals surface area (Å²) in [5.41, 5.74) is 0.653. The van der Waals surface area contributed by atoms with Crippen molar-refractivity contribution in [1.29, 1.82) is 0 Å². The molecule has 1 aliphatic rings. The Morgan fingerprint density at radius 1 is 1.12 bits per heavy atom. The van der Waals surface area contributed by atoms with Crippen molar-refractivity contribution in [3.63, 3.8) is 0 Å². The van der Waals surface area contributed by atoms with Gasteiger partial charge in [0.15, 0.2) is 11.6 Å². The zero-order valence-corrected chi connectivity index (χ0v) is 14.0. The number of hydrogen-bond donors (Lipinski definition) is 2. The Kier molecular flexibility index (Phi) is 5.75. The molecule has 2 heterocycles. The summed E-state index contributed by atoms with van der Waals surface area (Å²) >= 11 is 0. The highest BCUT2D eigenvalue weighted by atomic mass is 19.2. The van der Waals surface area contributed by atoms with Gasteiger partial charge in [-0.25, -0.2) is 18.7 Å². The van der Waals surface area contributed by atoms with Crippen molar-refractivity contribution in [2.75, 3.05) is 36.5 Å². The molecule has 5 nitrogen and oxygen atoms in total. The van der Waals surface area contributed by atoms with Gasteiger partial charge in [-0.2, -0.15) is 0 Å². The van der Waals surface area contributed by atoms with E-state index in [1.807, 2.05) is 6.07 Å². The van der Waals surface area contributed by atoms with Gasteiger partial charge >= 0.3 is 0 Å². The Balaban J connectivity index is 1.58. The van der Waals surface area contributed by atoms with Crippen LogP contribution < -0.4 is 10.2 Å². The van der Waals surface area contributed by atoms with E-state index in [0.29, 0.717) is 24.3 Å². The fourth-order valence-corrected chi connectivity index (χ4v) is 3.01. The Morgan fingerprint density at radius 3 is 2.64 bits per heavy atom. The molecule has 25 heavy (non-hydrogen) atoms. The molecule has 0 amide bonds. The first kappa shape index (κ1) is 17.5. The summed E-state index contributed by atoms with van der Waals surface area (Å²) in [4.78, 5) is 10.7. The van der Waals surface area contributed by atoms with Crippen molar-refractivity contribution < 1.29 is 13.9 Å². The van der Waals surface area contributed by atoms with E-state index in [-0.39, 0.29) is 12.5 Å². The van der Waals surface area contributed by atoms with E-state index in [4.69, 9.17) is 0 Å². The first-order valence-electron chi connectivity index (χ1n) is 8.51. The topological polar surface area (TPSA) is 61.3 Å². The second-order valence-electron chi connectivity index (χ2n) is 6.34. The monoisotopic (exact) mass is 348 g/mol. The van der Waals surface area contributed by atoms with Crippen molar-refractivity contribution in [2.24, 2.45) is 5.92 Å². The van der Waals surface area contributed by atoms with E-state index in [2.05, 4.69) is 20.2 Å². The summed E-state index contributed by atoms with van der Waals surface area (Å²) in [6, 6.07) is 5.72. The SMILES string of the molecule is OCC(CNc1cc(N2CCCC2)ncn1)Cc1ccc(F)c(F)c1. The van der Waals surface area contributed by atoms with Gasteiger partial charge in [0.1, 0.15) is 18.0 Å². The maximum Gasteiger partial charge on any atom is 0.159 e. The first-order chi connectivity index (χ1) is 12.2. The predicted octanol–water partition coefficient (Wildman–Crippen LogP) is 2.62. The summed E-state index contributed by atoms with van der Waals surface area (Å²) in [5, 5.41) is 12.8. The molecule has 7 heteroatoms. The van der Waals surface area contributed by atoms with Crippen LogP contribution in [0.1, 0.15) is 18.4 Å². The van der Waals surface area contributed by atoms with E-state index >= 15 is 0 Å². The molecule has 3 rings (SSSR count). The standard InChI is InChI=1S/C18H22F2N4O/c19-15-4-3-13(8-16(15)20)7-14(11-25)10-21-17-9-18(23-12-22-17)24-5-1-2-6-24/h3-4,8-9,12,14,25H,1-2,5-7,10-11H2,(H,21,22,23). The van der Waals surface area contributed by atoms with Gasteiger partial charge < -0.3 is 15.3 Å². The number of halogens is 2. The number of anilines is 2. The van der Waals surface area contributed by atoms with Gasteiger partial charge in [0, 0.05) is 38.2 Å². The zero-order valence-electron chi connectivity index (χ0n) is 14.0. The quantitative estimate of drug-likeness (QED) is 0.805. The third-order valence-electron chi connectivity index (χ3n) is 4.42. The molecular formula is C18H22F2N4O. The fourth-order valence-electron chi connectivity index (χ4n) is 3.01. The molecule has 1 aliphatic heterocycles. The molecule has 1 unspecified atom stereocenters. The summed E-state index contributed by atoms with van der Waals surface area (Å²) < 4.78 is 26.3. The predicted molar refractivity (Wildman–Crippen MR) is 92.6 cm³/mol. The highest BCUT2D eigenvalue weighted by Crippen LogP contribution is 2.20. The molecule has 0 saturated carbocycles. The summed E-state index contributed by atoms with van der Waals surface area (Å²) in [5.74, 6) is -0.266. The number of nitrogens with one attached hydrogen (secondary N) is 1. The molecule has 0 bridgehead atoms. The maximum atomic E-state index is 13.3. The molecule has 0 spiro atoms. The molecule has 1 saturated heterocycles. The van der Waals surface area contributed by atoms with Crippen LogP contribution in [0.2, 0.25) is 0 Å². The molecule has 1 atom stereocenters. The van der Waals surface area contributed by atoms with Crippen LogP contribution in [0, 0.1) is 17.6 Å². The lowest BCUT2D eigenvalue weighted by molar-refractivity contribution is 0.232. The number of rotatable bonds is 7. The van der Waals surface area contributed by atoms with Crippen LogP contribution in [-0.4, -0.2) is 41.3 Å². The van der Waals surface area contributed by atoms with Crippen LogP contribution in [0.15, 0.2) is 30.6 Å². The van der Waals surface area contributed by atoms with Crippen LogP contribution in [0.4, 0.5) is 20.4 Å². The van der Waals surface area contributed by atoms with Gasteiger partial charge in [0.25, 0.3) is 0 Å². The van der Waals surface area contributed by atoms with Crippen molar-refractivity contribution in [3.05, 3.63) is 47.8 Å². The third kappa shape index (κ3) is 4.63. The Morgan fingerprint density at radius 2 is 1.92 bits per heavy atom. The molecule has 2 aromatic rings. The summed E-state index contributed by atoms with van der Waals surface area (Å²) in [6.45, 7) is 2.43. The van der Waals surface area contributed by atoms with E-state index in [0.717, 1.165) is 25.0 Å². The Bertz CT molecular complexity index is 707. The van der Waals surface area contributed by atoms with Gasteiger partial charge in [-0.05, 0) is 37.0 Å². The van der Waals surface area contributed by atoms with Gasteiger partial charge in [-0.3, -0.25) is 0 Å². The lowest BCUT2D eigenvalue weighted by Gasteiger charge is -2.18. The van der Waals surface area contributed by atoms with Gasteiger partial charge in [-0.1, -0.05) is 6.07 Å². The Hall–Kier alpha value is -2.28. The van der Waals surface area contributed by atoms with E-state index in [9.17, 15) is 13.9 Å². The van der Waals surface area contributed by atoms with E-state index in [1.165, 1.54) is 31.3 Å². The fraction of sp³-hybridized carbons (Fsp3) is 0.444. The average molecular weight is 348 g/mol. The number of benzene rings is 1. The van der Waals surface area contributed by atoms with Gasteiger partial charge in [-0.15, -0.1) is 0 Å². The van der Waals surface area contributed by atoms with E-state index in [1.54, 1.807) is 0 Å². The van der Waals surface area contributed by atoms with Crippen LogP contribution in [0.5, 0.6) is 0 Å². The molecular weight excluding hydrogens is 326 g/mol. The van der Waals surface area contributed by atoms with Crippen LogP contribution in [-0.2, 0) is 6.42 Å². The highest BCUT2D eigenvalue weighted by molar-refractivity contribution is 5.48. The molecule has 1 fully saturated rings. The average Bonchev–Trinajstić information content (AvgIpc) is 3.16. The minimum atomic E-state index is -0.867. The van der Waals surface area contributed by atoms with Crippen LogP contribution in [0.25, 0.3) is 0 Å². The number of aromatic nitrogens is 2. The summed E-state index contributed by atoms with van der Waals surface area (Å²) in [7, 11) is 0. The zero-order chi connectivity index (χ0) is 17.6. The molecule has 1 aromatic carbocycles. The van der Waals surface area contributed by atoms with Gasteiger partial charge in [0.2, 0.25) is 0 Å².